The zero-order valence-corrected chi connectivity index (χ0v) is 20.6. The molecule has 35 heavy (non-hydrogen) atoms. The molecule has 0 aromatic heterocycles. The zero-order chi connectivity index (χ0) is 24.8. The van der Waals surface area contributed by atoms with Crippen LogP contribution in [-0.2, 0) is 14.3 Å². The summed E-state index contributed by atoms with van der Waals surface area (Å²) in [5.41, 5.74) is 2.65. The maximum atomic E-state index is 13.5. The number of rotatable bonds is 8. The number of likely N-dealkylation sites (tertiary alicyclic amines) is 1. The monoisotopic (exact) mass is 479 g/mol. The Kier molecular flexibility index (Phi) is 8.02. The highest BCUT2D eigenvalue weighted by atomic mass is 16.5. The van der Waals surface area contributed by atoms with Crippen LogP contribution in [0.25, 0.3) is 0 Å². The smallest absolute Gasteiger partial charge is 0.310 e. The van der Waals surface area contributed by atoms with Gasteiger partial charge in [0.05, 0.1) is 45.0 Å². The van der Waals surface area contributed by atoms with Crippen molar-refractivity contribution in [2.45, 2.75) is 32.2 Å². The van der Waals surface area contributed by atoms with Crippen molar-refractivity contribution < 1.29 is 23.8 Å². The summed E-state index contributed by atoms with van der Waals surface area (Å²) in [4.78, 5) is 27.8. The van der Waals surface area contributed by atoms with Crippen molar-refractivity contribution >= 4 is 17.6 Å². The molecule has 0 N–H and O–H groups in total. The highest BCUT2D eigenvalue weighted by Crippen LogP contribution is 2.36. The van der Waals surface area contributed by atoms with Gasteiger partial charge < -0.3 is 14.2 Å². The molecule has 0 radical (unpaired) electrons. The number of carbonyl (C=O) groups is 2. The summed E-state index contributed by atoms with van der Waals surface area (Å²) in [5, 5.41) is 6.39. The minimum absolute atomic E-state index is 0.0918. The van der Waals surface area contributed by atoms with E-state index < -0.39 is 0 Å². The fraction of sp³-hybridized carbons (Fsp3) is 0.444. The minimum Gasteiger partial charge on any atom is -0.497 e. The lowest BCUT2D eigenvalue weighted by Gasteiger charge is -2.32. The van der Waals surface area contributed by atoms with Gasteiger partial charge in [0.2, 0.25) is 0 Å². The lowest BCUT2D eigenvalue weighted by Crippen LogP contribution is -2.44. The van der Waals surface area contributed by atoms with E-state index in [0.29, 0.717) is 31.1 Å². The van der Waals surface area contributed by atoms with E-state index in [4.69, 9.17) is 19.3 Å². The van der Waals surface area contributed by atoms with Gasteiger partial charge in [-0.2, -0.15) is 5.10 Å². The molecule has 8 heteroatoms. The molecule has 2 aliphatic heterocycles. The van der Waals surface area contributed by atoms with Gasteiger partial charge in [0.25, 0.3) is 5.91 Å². The predicted molar refractivity (Wildman–Crippen MR) is 133 cm³/mol. The normalized spacial score (nSPS) is 20.3. The van der Waals surface area contributed by atoms with Gasteiger partial charge in [0.1, 0.15) is 11.5 Å². The molecule has 4 rings (SSSR count). The van der Waals surface area contributed by atoms with Gasteiger partial charge in [-0.15, -0.1) is 0 Å². The van der Waals surface area contributed by atoms with Crippen LogP contribution < -0.4 is 9.47 Å². The third kappa shape index (κ3) is 5.65. The van der Waals surface area contributed by atoms with Gasteiger partial charge >= 0.3 is 5.97 Å². The number of piperidine rings is 1. The lowest BCUT2D eigenvalue weighted by atomic mass is 9.97. The molecule has 1 fully saturated rings. The summed E-state index contributed by atoms with van der Waals surface area (Å²) in [6.07, 6.45) is 2.22. The second-order valence-corrected chi connectivity index (χ2v) is 8.81. The van der Waals surface area contributed by atoms with Crippen LogP contribution in [-0.4, -0.2) is 68.0 Å². The SMILES string of the molecule is CCOC(=O)[C@@H]1CCCN(CC(=O)N2N=C(c3ccc(OC)cc3OC)C[C@H]2c2ccccc2)C1. The number of ether oxygens (including phenoxy) is 3. The van der Waals surface area contributed by atoms with Crippen molar-refractivity contribution in [1.29, 1.82) is 0 Å². The average molecular weight is 480 g/mol. The lowest BCUT2D eigenvalue weighted by molar-refractivity contribution is -0.150. The Morgan fingerprint density at radius 1 is 1.09 bits per heavy atom. The van der Waals surface area contributed by atoms with Gasteiger partial charge in [-0.1, -0.05) is 30.3 Å². The van der Waals surface area contributed by atoms with E-state index in [1.165, 1.54) is 0 Å². The Labute approximate surface area is 206 Å². The number of benzene rings is 2. The van der Waals surface area contributed by atoms with Crippen LogP contribution in [0.5, 0.6) is 11.5 Å². The molecule has 1 saturated heterocycles. The number of hydrogen-bond acceptors (Lipinski definition) is 7. The first kappa shape index (κ1) is 24.7. The van der Waals surface area contributed by atoms with Crippen LogP contribution in [0.15, 0.2) is 53.6 Å². The van der Waals surface area contributed by atoms with E-state index in [-0.39, 0.29) is 30.4 Å². The Hall–Kier alpha value is -3.39. The summed E-state index contributed by atoms with van der Waals surface area (Å²) in [6.45, 7) is 3.68. The highest BCUT2D eigenvalue weighted by molar-refractivity contribution is 6.05. The molecule has 2 heterocycles. The first-order chi connectivity index (χ1) is 17.0. The Morgan fingerprint density at radius 2 is 1.89 bits per heavy atom. The van der Waals surface area contributed by atoms with Gasteiger partial charge in [0.15, 0.2) is 0 Å². The van der Waals surface area contributed by atoms with E-state index in [1.807, 2.05) is 60.4 Å². The minimum atomic E-state index is -0.212. The number of amides is 1. The van der Waals surface area contributed by atoms with Gasteiger partial charge in [-0.05, 0) is 44.0 Å². The number of methoxy groups -OCH3 is 2. The van der Waals surface area contributed by atoms with Gasteiger partial charge in [-0.25, -0.2) is 5.01 Å². The summed E-state index contributed by atoms with van der Waals surface area (Å²) < 4.78 is 16.1. The largest absolute Gasteiger partial charge is 0.497 e. The Morgan fingerprint density at radius 3 is 2.60 bits per heavy atom. The van der Waals surface area contributed by atoms with E-state index in [0.717, 1.165) is 36.2 Å². The number of nitrogens with zero attached hydrogens (tertiary/aromatic N) is 3. The second-order valence-electron chi connectivity index (χ2n) is 8.81. The van der Waals surface area contributed by atoms with Crippen LogP contribution >= 0.6 is 0 Å². The molecule has 1 amide bonds. The summed E-state index contributed by atoms with van der Waals surface area (Å²) in [7, 11) is 3.22. The van der Waals surface area contributed by atoms with Crippen LogP contribution in [0.4, 0.5) is 0 Å². The molecule has 0 spiro atoms. The quantitative estimate of drug-likeness (QED) is 0.538. The molecule has 2 aromatic carbocycles. The fourth-order valence-electron chi connectivity index (χ4n) is 4.79. The molecule has 2 aromatic rings. The topological polar surface area (TPSA) is 80.7 Å². The van der Waals surface area contributed by atoms with Crippen LogP contribution in [0.1, 0.15) is 43.4 Å². The van der Waals surface area contributed by atoms with E-state index in [9.17, 15) is 9.59 Å². The third-order valence-corrected chi connectivity index (χ3v) is 6.55. The van der Waals surface area contributed by atoms with E-state index in [2.05, 4.69) is 0 Å². The Balaban J connectivity index is 1.57. The molecule has 0 unspecified atom stereocenters. The summed E-state index contributed by atoms with van der Waals surface area (Å²) >= 11 is 0. The van der Waals surface area contributed by atoms with Crippen molar-refractivity contribution in [2.75, 3.05) is 40.5 Å². The average Bonchev–Trinajstić information content (AvgIpc) is 3.34. The van der Waals surface area contributed by atoms with Gasteiger partial charge in [0, 0.05) is 24.6 Å². The highest BCUT2D eigenvalue weighted by Gasteiger charge is 2.36. The van der Waals surface area contributed by atoms with Crippen molar-refractivity contribution in [3.63, 3.8) is 0 Å². The number of hydrazone groups is 1. The molecule has 2 atom stereocenters. The summed E-state index contributed by atoms with van der Waals surface area (Å²) in [5.74, 6) is 0.879. The van der Waals surface area contributed by atoms with E-state index >= 15 is 0 Å². The van der Waals surface area contributed by atoms with Crippen molar-refractivity contribution in [2.24, 2.45) is 11.0 Å². The van der Waals surface area contributed by atoms with Crippen molar-refractivity contribution in [3.05, 3.63) is 59.7 Å². The molecule has 2 aliphatic rings. The molecule has 8 nitrogen and oxygen atoms in total. The molecule has 0 saturated carbocycles. The number of esters is 1. The predicted octanol–water partition coefficient (Wildman–Crippen LogP) is 3.66. The standard InChI is InChI=1S/C27H33N3O5/c1-4-35-27(32)20-11-8-14-29(17-20)18-26(31)30-24(19-9-6-5-7-10-19)16-23(28-30)22-13-12-21(33-2)15-25(22)34-3/h5-7,9-10,12-13,15,20,24H,4,8,11,14,16-18H2,1-3H3/t20-,24+/m1/s1. The first-order valence-corrected chi connectivity index (χ1v) is 12.1. The third-order valence-electron chi connectivity index (χ3n) is 6.55. The number of hydrogen-bond donors (Lipinski definition) is 0. The maximum absolute atomic E-state index is 13.5. The van der Waals surface area contributed by atoms with Crippen LogP contribution in [0.3, 0.4) is 0 Å². The summed E-state index contributed by atoms with van der Waals surface area (Å²) in [6, 6.07) is 15.3. The molecule has 0 bridgehead atoms. The van der Waals surface area contributed by atoms with Crippen LogP contribution in [0, 0.1) is 5.92 Å². The molecule has 0 aliphatic carbocycles. The number of carbonyl (C=O) groups excluding carboxylic acids is 2. The Bertz CT molecular complexity index is 1070. The fourth-order valence-corrected chi connectivity index (χ4v) is 4.79. The second kappa shape index (κ2) is 11.4. The van der Waals surface area contributed by atoms with Crippen molar-refractivity contribution in [1.82, 2.24) is 9.91 Å². The first-order valence-electron chi connectivity index (χ1n) is 12.1. The van der Waals surface area contributed by atoms with Gasteiger partial charge in [-0.3, -0.25) is 14.5 Å². The van der Waals surface area contributed by atoms with Crippen molar-refractivity contribution in [3.8, 4) is 11.5 Å². The molecular formula is C27H33N3O5. The zero-order valence-electron chi connectivity index (χ0n) is 20.6. The van der Waals surface area contributed by atoms with E-state index in [1.54, 1.807) is 19.2 Å². The van der Waals surface area contributed by atoms with Crippen LogP contribution in [0.2, 0.25) is 0 Å². The molecule has 186 valence electrons. The maximum Gasteiger partial charge on any atom is 0.310 e. The molecular weight excluding hydrogens is 446 g/mol.